The van der Waals surface area contributed by atoms with Crippen LogP contribution in [0, 0.1) is 0 Å². The summed E-state index contributed by atoms with van der Waals surface area (Å²) in [5.41, 5.74) is 1.89. The van der Waals surface area contributed by atoms with Gasteiger partial charge in [0, 0.05) is 43.8 Å². The molecule has 2 amide bonds. The quantitative estimate of drug-likeness (QED) is 0.646. The van der Waals surface area contributed by atoms with Gasteiger partial charge in [0.2, 0.25) is 5.91 Å². The highest BCUT2D eigenvalue weighted by Crippen LogP contribution is 2.30. The number of hydrogen-bond donors (Lipinski definition) is 0. The number of para-hydroxylation sites is 3. The van der Waals surface area contributed by atoms with Crippen molar-refractivity contribution in [3.05, 3.63) is 54.1 Å². The average molecular weight is 480 g/mol. The first kappa shape index (κ1) is 25.0. The molecule has 0 spiro atoms. The predicted octanol–water partition coefficient (Wildman–Crippen LogP) is 4.10. The van der Waals surface area contributed by atoms with Crippen molar-refractivity contribution >= 4 is 17.5 Å². The van der Waals surface area contributed by atoms with Crippen LogP contribution in [-0.2, 0) is 16.1 Å². The van der Waals surface area contributed by atoms with Crippen LogP contribution in [0.3, 0.4) is 0 Å². The molecule has 2 heterocycles. The van der Waals surface area contributed by atoms with Crippen molar-refractivity contribution in [3.8, 4) is 11.5 Å². The summed E-state index contributed by atoms with van der Waals surface area (Å²) in [7, 11) is 3.76. The third kappa shape index (κ3) is 5.78. The second-order valence-corrected chi connectivity index (χ2v) is 9.43. The molecule has 4 rings (SSSR count). The Morgan fingerprint density at radius 2 is 1.66 bits per heavy atom. The third-order valence-electron chi connectivity index (χ3n) is 7.36. The summed E-state index contributed by atoms with van der Waals surface area (Å²) in [5.74, 6) is 1.20. The van der Waals surface area contributed by atoms with Gasteiger partial charge in [0.1, 0.15) is 0 Å². The minimum atomic E-state index is -0.0751. The number of rotatable bonds is 5. The Hall–Kier alpha value is -3.06. The highest BCUT2D eigenvalue weighted by Gasteiger charge is 2.32. The van der Waals surface area contributed by atoms with E-state index in [1.54, 1.807) is 7.11 Å². The Morgan fingerprint density at radius 1 is 0.943 bits per heavy atom. The standard InChI is InChI=1S/C28H37N3O4/c1-4-27(32)31-17-16-22-11-9-12-23(29(22)2)19-30(18-21-10-5-6-13-24(21)31)28(33)20-35-26-15-8-7-14-25(26)34-3/h5-8,10,13-15,22-23H,4,9,11-12,16-20H2,1-3H3. The molecule has 7 nitrogen and oxygen atoms in total. The van der Waals surface area contributed by atoms with Crippen LogP contribution in [0.5, 0.6) is 11.5 Å². The summed E-state index contributed by atoms with van der Waals surface area (Å²) in [5, 5.41) is 0. The van der Waals surface area contributed by atoms with Crippen molar-refractivity contribution in [1.82, 2.24) is 9.80 Å². The van der Waals surface area contributed by atoms with E-state index in [1.165, 1.54) is 0 Å². The molecule has 35 heavy (non-hydrogen) atoms. The van der Waals surface area contributed by atoms with Crippen LogP contribution in [0.15, 0.2) is 48.5 Å². The number of likely N-dealkylation sites (N-methyl/N-ethyl adjacent to an activating group) is 1. The summed E-state index contributed by atoms with van der Waals surface area (Å²) in [6.45, 7) is 3.60. The molecule has 2 unspecified atom stereocenters. The maximum atomic E-state index is 13.5. The minimum absolute atomic E-state index is 0.0694. The number of ether oxygens (including phenoxy) is 2. The molecule has 7 heteroatoms. The molecule has 0 saturated carbocycles. The molecule has 0 aliphatic carbocycles. The van der Waals surface area contributed by atoms with Gasteiger partial charge in [-0.2, -0.15) is 0 Å². The lowest BCUT2D eigenvalue weighted by molar-refractivity contribution is -0.135. The van der Waals surface area contributed by atoms with E-state index in [0.29, 0.717) is 43.6 Å². The van der Waals surface area contributed by atoms with E-state index in [4.69, 9.17) is 9.47 Å². The van der Waals surface area contributed by atoms with Crippen LogP contribution in [0.4, 0.5) is 5.69 Å². The zero-order valence-corrected chi connectivity index (χ0v) is 21.1. The molecule has 1 saturated heterocycles. The van der Waals surface area contributed by atoms with Crippen LogP contribution in [0.2, 0.25) is 0 Å². The first-order valence-electron chi connectivity index (χ1n) is 12.7. The normalized spacial score (nSPS) is 21.0. The van der Waals surface area contributed by atoms with Crippen LogP contribution in [0.25, 0.3) is 0 Å². The second kappa shape index (κ2) is 11.6. The molecular formula is C28H37N3O4. The lowest BCUT2D eigenvalue weighted by atomic mass is 9.93. The zero-order chi connectivity index (χ0) is 24.8. The smallest absolute Gasteiger partial charge is 0.260 e. The topological polar surface area (TPSA) is 62.3 Å². The highest BCUT2D eigenvalue weighted by atomic mass is 16.5. The van der Waals surface area contributed by atoms with Crippen molar-refractivity contribution in [2.75, 3.05) is 38.8 Å². The lowest BCUT2D eigenvalue weighted by Crippen LogP contribution is -2.51. The Bertz CT molecular complexity index is 1030. The van der Waals surface area contributed by atoms with Crippen LogP contribution < -0.4 is 14.4 Å². The summed E-state index contributed by atoms with van der Waals surface area (Å²) < 4.78 is 11.3. The molecule has 188 valence electrons. The number of amides is 2. The van der Waals surface area contributed by atoms with Crippen LogP contribution >= 0.6 is 0 Å². The van der Waals surface area contributed by atoms with Gasteiger partial charge in [-0.3, -0.25) is 14.5 Å². The van der Waals surface area contributed by atoms with Crippen molar-refractivity contribution in [2.24, 2.45) is 0 Å². The van der Waals surface area contributed by atoms with Gasteiger partial charge in [0.15, 0.2) is 18.1 Å². The monoisotopic (exact) mass is 479 g/mol. The highest BCUT2D eigenvalue weighted by molar-refractivity contribution is 5.94. The summed E-state index contributed by atoms with van der Waals surface area (Å²) in [6.07, 6.45) is 4.69. The largest absolute Gasteiger partial charge is 0.493 e. The van der Waals surface area contributed by atoms with E-state index in [-0.39, 0.29) is 24.5 Å². The first-order chi connectivity index (χ1) is 17.0. The predicted molar refractivity (Wildman–Crippen MR) is 137 cm³/mol. The fourth-order valence-corrected chi connectivity index (χ4v) is 5.30. The third-order valence-corrected chi connectivity index (χ3v) is 7.36. The Balaban J connectivity index is 1.63. The fraction of sp³-hybridized carbons (Fsp3) is 0.500. The van der Waals surface area contributed by atoms with Crippen molar-refractivity contribution in [1.29, 1.82) is 0 Å². The Kier molecular flexibility index (Phi) is 8.29. The number of methoxy groups -OCH3 is 1. The molecule has 2 aliphatic heterocycles. The first-order valence-corrected chi connectivity index (χ1v) is 12.7. The van der Waals surface area contributed by atoms with Crippen molar-refractivity contribution in [2.45, 2.75) is 57.7 Å². The number of carbonyl (C=O) groups is 2. The number of hydrogen-bond acceptors (Lipinski definition) is 5. The molecule has 1 fully saturated rings. The number of fused-ring (bicyclic) bond motifs is 3. The van der Waals surface area contributed by atoms with E-state index in [2.05, 4.69) is 11.9 Å². The molecule has 2 bridgehead atoms. The van der Waals surface area contributed by atoms with Crippen molar-refractivity contribution in [3.63, 3.8) is 0 Å². The van der Waals surface area contributed by atoms with Gasteiger partial charge in [0.05, 0.1) is 7.11 Å². The number of piperidine rings is 1. The number of anilines is 1. The molecular weight excluding hydrogens is 442 g/mol. The van der Waals surface area contributed by atoms with Gasteiger partial charge >= 0.3 is 0 Å². The minimum Gasteiger partial charge on any atom is -0.493 e. The number of benzene rings is 2. The molecule has 0 radical (unpaired) electrons. The molecule has 2 atom stereocenters. The Morgan fingerprint density at radius 3 is 2.43 bits per heavy atom. The summed E-state index contributed by atoms with van der Waals surface area (Å²) in [4.78, 5) is 32.7. The Labute approximate surface area is 208 Å². The van der Waals surface area contributed by atoms with Gasteiger partial charge < -0.3 is 19.3 Å². The van der Waals surface area contributed by atoms with Gasteiger partial charge in [0.25, 0.3) is 5.91 Å². The summed E-state index contributed by atoms with van der Waals surface area (Å²) >= 11 is 0. The molecule has 0 N–H and O–H groups in total. The zero-order valence-electron chi connectivity index (χ0n) is 21.1. The molecule has 2 aromatic carbocycles. The van der Waals surface area contributed by atoms with Gasteiger partial charge in [-0.05, 0) is 50.1 Å². The van der Waals surface area contributed by atoms with E-state index in [9.17, 15) is 9.59 Å². The van der Waals surface area contributed by atoms with E-state index < -0.39 is 0 Å². The second-order valence-electron chi connectivity index (χ2n) is 9.43. The molecule has 2 aliphatic rings. The van der Waals surface area contributed by atoms with Gasteiger partial charge in [-0.25, -0.2) is 0 Å². The van der Waals surface area contributed by atoms with Crippen LogP contribution in [0.1, 0.15) is 44.6 Å². The van der Waals surface area contributed by atoms with Crippen LogP contribution in [-0.4, -0.2) is 67.6 Å². The van der Waals surface area contributed by atoms with Gasteiger partial charge in [-0.15, -0.1) is 0 Å². The van der Waals surface area contributed by atoms with E-state index in [0.717, 1.165) is 36.9 Å². The lowest BCUT2D eigenvalue weighted by Gasteiger charge is -2.41. The average Bonchev–Trinajstić information content (AvgIpc) is 2.90. The van der Waals surface area contributed by atoms with E-state index >= 15 is 0 Å². The van der Waals surface area contributed by atoms with E-state index in [1.807, 2.05) is 65.3 Å². The van der Waals surface area contributed by atoms with Crippen molar-refractivity contribution < 1.29 is 19.1 Å². The fourth-order valence-electron chi connectivity index (χ4n) is 5.30. The maximum absolute atomic E-state index is 13.5. The molecule has 2 aromatic rings. The molecule has 0 aromatic heterocycles. The number of nitrogens with zero attached hydrogens (tertiary/aromatic N) is 3. The van der Waals surface area contributed by atoms with Gasteiger partial charge in [-0.1, -0.05) is 43.7 Å². The maximum Gasteiger partial charge on any atom is 0.260 e. The number of carbonyl (C=O) groups excluding carboxylic acids is 2. The SMILES string of the molecule is CCC(=O)N1CCC2CCCC(CN(C(=O)COc3ccccc3OC)Cc3ccccc31)N2C. The summed E-state index contributed by atoms with van der Waals surface area (Å²) in [6, 6.07) is 16.0.